The summed E-state index contributed by atoms with van der Waals surface area (Å²) in [6, 6.07) is 9.32. The van der Waals surface area contributed by atoms with Crippen LogP contribution in [0.15, 0.2) is 46.4 Å². The van der Waals surface area contributed by atoms with E-state index in [1.54, 1.807) is 19.2 Å². The molecule has 5 heteroatoms. The summed E-state index contributed by atoms with van der Waals surface area (Å²) in [4.78, 5) is 8.36. The summed E-state index contributed by atoms with van der Waals surface area (Å²) in [6.07, 6.45) is 1.91. The molecule has 1 aromatic rings. The third-order valence-electron chi connectivity index (χ3n) is 2.39. The SMILES string of the molecule is C=C(C)C(=NC(=NC)SC)OCc1ccc(C#N)cc1. The maximum Gasteiger partial charge on any atom is 0.218 e. The van der Waals surface area contributed by atoms with Crippen LogP contribution in [0.1, 0.15) is 18.1 Å². The van der Waals surface area contributed by atoms with E-state index >= 15 is 0 Å². The Hall–Kier alpha value is -2.06. The molecule has 0 atom stereocenters. The topological polar surface area (TPSA) is 57.7 Å². The van der Waals surface area contributed by atoms with E-state index in [1.807, 2.05) is 25.3 Å². The highest BCUT2D eigenvalue weighted by molar-refractivity contribution is 8.13. The van der Waals surface area contributed by atoms with E-state index in [0.29, 0.717) is 23.2 Å². The van der Waals surface area contributed by atoms with Crippen LogP contribution in [0.3, 0.4) is 0 Å². The number of hydrogen-bond acceptors (Lipinski definition) is 4. The second kappa shape index (κ2) is 8.18. The predicted molar refractivity (Wildman–Crippen MR) is 85.1 cm³/mol. The molecule has 0 amide bonds. The Balaban J connectivity index is 2.77. The third-order valence-corrected chi connectivity index (χ3v) is 3.03. The van der Waals surface area contributed by atoms with Gasteiger partial charge in [-0.05, 0) is 30.9 Å². The minimum Gasteiger partial charge on any atom is -0.473 e. The summed E-state index contributed by atoms with van der Waals surface area (Å²) in [5.41, 5.74) is 2.34. The zero-order valence-corrected chi connectivity index (χ0v) is 12.7. The van der Waals surface area contributed by atoms with Gasteiger partial charge in [-0.1, -0.05) is 30.5 Å². The van der Waals surface area contributed by atoms with Crippen molar-refractivity contribution in [3.8, 4) is 6.07 Å². The van der Waals surface area contributed by atoms with Gasteiger partial charge in [-0.2, -0.15) is 10.3 Å². The van der Waals surface area contributed by atoms with Crippen LogP contribution < -0.4 is 0 Å². The average molecular weight is 287 g/mol. The highest BCUT2D eigenvalue weighted by Gasteiger charge is 2.05. The van der Waals surface area contributed by atoms with Gasteiger partial charge in [-0.25, -0.2) is 0 Å². The van der Waals surface area contributed by atoms with E-state index < -0.39 is 0 Å². The molecule has 0 heterocycles. The molecular weight excluding hydrogens is 270 g/mol. The molecule has 0 fully saturated rings. The highest BCUT2D eigenvalue weighted by atomic mass is 32.2. The first-order valence-electron chi connectivity index (χ1n) is 5.98. The van der Waals surface area contributed by atoms with Crippen LogP contribution in [0.4, 0.5) is 0 Å². The van der Waals surface area contributed by atoms with Crippen LogP contribution in [0.25, 0.3) is 0 Å². The number of ether oxygens (including phenoxy) is 1. The number of rotatable bonds is 3. The molecular formula is C15H17N3OS. The maximum absolute atomic E-state index is 8.75. The van der Waals surface area contributed by atoms with Gasteiger partial charge in [0.1, 0.15) is 6.61 Å². The number of amidine groups is 1. The summed E-state index contributed by atoms with van der Waals surface area (Å²) in [5, 5.41) is 9.39. The van der Waals surface area contributed by atoms with Gasteiger partial charge in [0.05, 0.1) is 11.6 Å². The van der Waals surface area contributed by atoms with E-state index in [0.717, 1.165) is 11.1 Å². The lowest BCUT2D eigenvalue weighted by Crippen LogP contribution is -2.08. The minimum absolute atomic E-state index is 0.378. The first-order chi connectivity index (χ1) is 9.60. The first-order valence-corrected chi connectivity index (χ1v) is 7.20. The van der Waals surface area contributed by atoms with Crippen molar-refractivity contribution >= 4 is 22.8 Å². The van der Waals surface area contributed by atoms with Gasteiger partial charge in [0.2, 0.25) is 5.90 Å². The molecule has 1 rings (SSSR count). The molecule has 104 valence electrons. The quantitative estimate of drug-likeness (QED) is 0.632. The van der Waals surface area contributed by atoms with Gasteiger partial charge in [0.25, 0.3) is 0 Å². The van der Waals surface area contributed by atoms with Crippen molar-refractivity contribution < 1.29 is 4.74 Å². The molecule has 1 aromatic carbocycles. The van der Waals surface area contributed by atoms with Gasteiger partial charge in [-0.3, -0.25) is 4.99 Å². The van der Waals surface area contributed by atoms with E-state index in [-0.39, 0.29) is 0 Å². The number of nitrogens with zero attached hydrogens (tertiary/aromatic N) is 3. The molecule has 0 aliphatic heterocycles. The molecule has 4 nitrogen and oxygen atoms in total. The Labute approximate surface area is 123 Å². The van der Waals surface area contributed by atoms with E-state index in [4.69, 9.17) is 10.00 Å². The minimum atomic E-state index is 0.378. The molecule has 0 bridgehead atoms. The molecule has 0 aliphatic carbocycles. The Morgan fingerprint density at radius 1 is 1.40 bits per heavy atom. The van der Waals surface area contributed by atoms with E-state index in [2.05, 4.69) is 22.6 Å². The zero-order chi connectivity index (χ0) is 15.0. The number of aliphatic imine (C=N–C) groups is 2. The fourth-order valence-electron chi connectivity index (χ4n) is 1.35. The van der Waals surface area contributed by atoms with Crippen molar-refractivity contribution in [3.63, 3.8) is 0 Å². The molecule has 20 heavy (non-hydrogen) atoms. The molecule has 0 saturated heterocycles. The average Bonchev–Trinajstić information content (AvgIpc) is 2.47. The summed E-state index contributed by atoms with van der Waals surface area (Å²) in [6.45, 7) is 6.07. The van der Waals surface area contributed by atoms with Gasteiger partial charge in [-0.15, -0.1) is 0 Å². The van der Waals surface area contributed by atoms with Crippen LogP contribution in [0.2, 0.25) is 0 Å². The molecule has 0 N–H and O–H groups in total. The maximum atomic E-state index is 8.75. The smallest absolute Gasteiger partial charge is 0.218 e. The molecule has 0 unspecified atom stereocenters. The number of hydrogen-bond donors (Lipinski definition) is 0. The van der Waals surface area contributed by atoms with Crippen LogP contribution in [-0.4, -0.2) is 24.4 Å². The first kappa shape index (κ1) is 16.0. The van der Waals surface area contributed by atoms with E-state index in [1.165, 1.54) is 11.8 Å². The van der Waals surface area contributed by atoms with Crippen molar-refractivity contribution in [1.29, 1.82) is 5.26 Å². The van der Waals surface area contributed by atoms with Crippen molar-refractivity contribution in [2.75, 3.05) is 13.3 Å². The van der Waals surface area contributed by atoms with Gasteiger partial charge in [0, 0.05) is 12.6 Å². The lowest BCUT2D eigenvalue weighted by molar-refractivity contribution is 0.293. The number of benzene rings is 1. The normalized spacial score (nSPS) is 11.9. The van der Waals surface area contributed by atoms with Crippen LogP contribution in [0, 0.1) is 11.3 Å². The Morgan fingerprint density at radius 2 is 2.05 bits per heavy atom. The number of thioether (sulfide) groups is 1. The standard InChI is InChI=1S/C15H17N3OS/c1-11(2)14(18-15(17-3)20-4)19-10-13-7-5-12(9-16)6-8-13/h5-8H,1,10H2,2-4H3. The second-order valence-corrected chi connectivity index (χ2v) is 4.78. The van der Waals surface area contributed by atoms with Gasteiger partial charge in [0.15, 0.2) is 5.17 Å². The predicted octanol–water partition coefficient (Wildman–Crippen LogP) is 3.40. The molecule has 0 aliphatic rings. The van der Waals surface area contributed by atoms with Crippen molar-refractivity contribution in [1.82, 2.24) is 0 Å². The van der Waals surface area contributed by atoms with E-state index in [9.17, 15) is 0 Å². The summed E-state index contributed by atoms with van der Waals surface area (Å²) < 4.78 is 5.67. The van der Waals surface area contributed by atoms with Crippen molar-refractivity contribution in [2.24, 2.45) is 9.98 Å². The van der Waals surface area contributed by atoms with Crippen LogP contribution in [-0.2, 0) is 11.3 Å². The van der Waals surface area contributed by atoms with Crippen LogP contribution >= 0.6 is 11.8 Å². The summed E-state index contributed by atoms with van der Waals surface area (Å²) in [7, 11) is 1.69. The lowest BCUT2D eigenvalue weighted by atomic mass is 10.2. The largest absolute Gasteiger partial charge is 0.473 e. The van der Waals surface area contributed by atoms with Crippen molar-refractivity contribution in [2.45, 2.75) is 13.5 Å². The Morgan fingerprint density at radius 3 is 2.50 bits per heavy atom. The fraction of sp³-hybridized carbons (Fsp3) is 0.267. The monoisotopic (exact) mass is 287 g/mol. The molecule has 0 spiro atoms. The van der Waals surface area contributed by atoms with Crippen LogP contribution in [0.5, 0.6) is 0 Å². The van der Waals surface area contributed by atoms with Gasteiger partial charge >= 0.3 is 0 Å². The third kappa shape index (κ3) is 4.90. The highest BCUT2D eigenvalue weighted by Crippen LogP contribution is 2.09. The summed E-state index contributed by atoms with van der Waals surface area (Å²) >= 11 is 1.45. The lowest BCUT2D eigenvalue weighted by Gasteiger charge is -2.09. The number of nitriles is 1. The molecule has 0 saturated carbocycles. The second-order valence-electron chi connectivity index (χ2n) is 4.00. The fourth-order valence-corrected chi connectivity index (χ4v) is 1.71. The van der Waals surface area contributed by atoms with Crippen molar-refractivity contribution in [3.05, 3.63) is 47.5 Å². The Bertz CT molecular complexity index is 568. The Kier molecular flexibility index (Phi) is 6.54. The molecule has 0 aromatic heterocycles. The summed E-state index contributed by atoms with van der Waals surface area (Å²) in [5.74, 6) is 0.476. The van der Waals surface area contributed by atoms with Gasteiger partial charge < -0.3 is 4.74 Å². The molecule has 0 radical (unpaired) electrons. The zero-order valence-electron chi connectivity index (χ0n) is 11.9.